The van der Waals surface area contributed by atoms with Crippen molar-refractivity contribution in [1.29, 1.82) is 0 Å². The summed E-state index contributed by atoms with van der Waals surface area (Å²) in [6.07, 6.45) is 0. The van der Waals surface area contributed by atoms with Crippen molar-refractivity contribution in [2.45, 2.75) is 5.75 Å². The summed E-state index contributed by atoms with van der Waals surface area (Å²) in [5.41, 5.74) is 5.43. The summed E-state index contributed by atoms with van der Waals surface area (Å²) in [6, 6.07) is 25.6. The van der Waals surface area contributed by atoms with Crippen LogP contribution in [0.25, 0.3) is 22.5 Å². The van der Waals surface area contributed by atoms with Gasteiger partial charge >= 0.3 is 0 Å². The van der Waals surface area contributed by atoms with Gasteiger partial charge in [0.1, 0.15) is 13.2 Å². The Bertz CT molecular complexity index is 1260. The molecule has 1 aromatic heterocycles. The highest BCUT2D eigenvalue weighted by atomic mass is 32.2. The van der Waals surface area contributed by atoms with Crippen LogP contribution in [0.2, 0.25) is 0 Å². The SMILES string of the molecule is O=C(NCCSCc1ccccc1)c1ccc(-c2cc(-c3cccc4c3OCCO4)[nH]n2)cc1. The fourth-order valence-corrected chi connectivity index (χ4v) is 4.61. The topological polar surface area (TPSA) is 76.2 Å². The number of H-pyrrole nitrogens is 1. The second-order valence-electron chi connectivity index (χ2n) is 7.87. The van der Waals surface area contributed by atoms with Gasteiger partial charge in [0.15, 0.2) is 11.5 Å². The monoisotopic (exact) mass is 471 g/mol. The zero-order valence-corrected chi connectivity index (χ0v) is 19.4. The van der Waals surface area contributed by atoms with E-state index in [1.807, 2.05) is 78.5 Å². The lowest BCUT2D eigenvalue weighted by molar-refractivity contribution is 0.0956. The average Bonchev–Trinajstić information content (AvgIpc) is 3.39. The van der Waals surface area contributed by atoms with Gasteiger partial charge in [0.25, 0.3) is 5.91 Å². The first kappa shape index (κ1) is 22.1. The van der Waals surface area contributed by atoms with Gasteiger partial charge in [-0.05, 0) is 35.9 Å². The Morgan fingerprint density at radius 2 is 1.79 bits per heavy atom. The van der Waals surface area contributed by atoms with Gasteiger partial charge < -0.3 is 14.8 Å². The van der Waals surface area contributed by atoms with Crippen LogP contribution in [0, 0.1) is 0 Å². The molecule has 0 atom stereocenters. The van der Waals surface area contributed by atoms with E-state index in [0.29, 0.717) is 25.3 Å². The lowest BCUT2D eigenvalue weighted by Crippen LogP contribution is -2.25. The first-order valence-electron chi connectivity index (χ1n) is 11.2. The zero-order chi connectivity index (χ0) is 23.2. The first-order valence-corrected chi connectivity index (χ1v) is 12.4. The Morgan fingerprint density at radius 3 is 2.65 bits per heavy atom. The van der Waals surface area contributed by atoms with Gasteiger partial charge in [-0.1, -0.05) is 48.5 Å². The predicted molar refractivity (Wildman–Crippen MR) is 135 cm³/mol. The molecule has 0 bridgehead atoms. The van der Waals surface area contributed by atoms with Gasteiger partial charge in [0.05, 0.1) is 11.4 Å². The van der Waals surface area contributed by atoms with Crippen molar-refractivity contribution in [3.63, 3.8) is 0 Å². The Kier molecular flexibility index (Phi) is 6.81. The number of aromatic nitrogens is 2. The van der Waals surface area contributed by atoms with E-state index >= 15 is 0 Å². The fraction of sp³-hybridized carbons (Fsp3) is 0.185. The Hall–Kier alpha value is -3.71. The number of hydrogen-bond acceptors (Lipinski definition) is 5. The summed E-state index contributed by atoms with van der Waals surface area (Å²) in [7, 11) is 0. The van der Waals surface area contributed by atoms with E-state index in [1.165, 1.54) is 5.56 Å². The molecule has 1 amide bonds. The molecule has 2 heterocycles. The molecule has 0 saturated heterocycles. The van der Waals surface area contributed by atoms with Crippen molar-refractivity contribution in [1.82, 2.24) is 15.5 Å². The molecule has 0 spiro atoms. The normalized spacial score (nSPS) is 12.4. The molecule has 3 aromatic carbocycles. The van der Waals surface area contributed by atoms with Gasteiger partial charge in [-0.25, -0.2) is 0 Å². The molecule has 0 fully saturated rings. The molecule has 0 aliphatic carbocycles. The van der Waals surface area contributed by atoms with Crippen LogP contribution in [-0.2, 0) is 5.75 Å². The quantitative estimate of drug-likeness (QED) is 0.347. The number of nitrogens with one attached hydrogen (secondary N) is 2. The van der Waals surface area contributed by atoms with Crippen molar-refractivity contribution >= 4 is 17.7 Å². The molecule has 7 heteroatoms. The number of amides is 1. The fourth-order valence-electron chi connectivity index (χ4n) is 3.79. The van der Waals surface area contributed by atoms with Gasteiger partial charge in [-0.15, -0.1) is 0 Å². The minimum Gasteiger partial charge on any atom is -0.486 e. The van der Waals surface area contributed by atoms with Gasteiger partial charge in [0.2, 0.25) is 0 Å². The third-order valence-electron chi connectivity index (χ3n) is 5.52. The number of rotatable bonds is 8. The highest BCUT2D eigenvalue weighted by Gasteiger charge is 2.18. The molecule has 6 nitrogen and oxygen atoms in total. The van der Waals surface area contributed by atoms with Crippen LogP contribution in [-0.4, -0.2) is 41.6 Å². The van der Waals surface area contributed by atoms with Crippen molar-refractivity contribution in [3.05, 3.63) is 90.0 Å². The van der Waals surface area contributed by atoms with E-state index in [0.717, 1.165) is 45.5 Å². The highest BCUT2D eigenvalue weighted by molar-refractivity contribution is 7.98. The number of carbonyl (C=O) groups is 1. The number of carbonyl (C=O) groups excluding carboxylic acids is 1. The molecular weight excluding hydrogens is 446 g/mol. The van der Waals surface area contributed by atoms with Crippen LogP contribution in [0.5, 0.6) is 11.5 Å². The summed E-state index contributed by atoms with van der Waals surface area (Å²) in [4.78, 5) is 12.5. The lowest BCUT2D eigenvalue weighted by Gasteiger charge is -2.20. The van der Waals surface area contributed by atoms with Crippen LogP contribution < -0.4 is 14.8 Å². The number of ether oxygens (including phenoxy) is 2. The predicted octanol–water partition coefficient (Wildman–Crippen LogP) is 5.18. The summed E-state index contributed by atoms with van der Waals surface area (Å²) in [5.74, 6) is 3.23. The Labute approximate surface area is 202 Å². The molecule has 0 saturated carbocycles. The zero-order valence-electron chi connectivity index (χ0n) is 18.6. The van der Waals surface area contributed by atoms with Crippen LogP contribution in [0.1, 0.15) is 15.9 Å². The molecule has 0 radical (unpaired) electrons. The third kappa shape index (κ3) is 5.10. The van der Waals surface area contributed by atoms with Gasteiger partial charge in [-0.2, -0.15) is 16.9 Å². The molecule has 2 N–H and O–H groups in total. The summed E-state index contributed by atoms with van der Waals surface area (Å²) in [6.45, 7) is 1.71. The number of fused-ring (bicyclic) bond motifs is 1. The van der Waals surface area contributed by atoms with E-state index < -0.39 is 0 Å². The molecule has 5 rings (SSSR count). The van der Waals surface area contributed by atoms with Crippen molar-refractivity contribution < 1.29 is 14.3 Å². The number of thioether (sulfide) groups is 1. The highest BCUT2D eigenvalue weighted by Crippen LogP contribution is 2.39. The van der Waals surface area contributed by atoms with Crippen LogP contribution in [0.15, 0.2) is 78.9 Å². The Balaban J connectivity index is 1.17. The molecule has 4 aromatic rings. The second kappa shape index (κ2) is 10.5. The van der Waals surface area contributed by atoms with Crippen LogP contribution in [0.3, 0.4) is 0 Å². The number of para-hydroxylation sites is 1. The van der Waals surface area contributed by atoms with E-state index in [2.05, 4.69) is 27.6 Å². The molecule has 1 aliphatic rings. The number of aromatic amines is 1. The maximum atomic E-state index is 12.5. The van der Waals surface area contributed by atoms with E-state index in [-0.39, 0.29) is 5.91 Å². The molecule has 172 valence electrons. The Morgan fingerprint density at radius 1 is 0.971 bits per heavy atom. The van der Waals surface area contributed by atoms with Crippen LogP contribution >= 0.6 is 11.8 Å². The van der Waals surface area contributed by atoms with Crippen molar-refractivity contribution in [2.24, 2.45) is 0 Å². The standard InChI is InChI=1S/C27H25N3O3S/c31-27(28-13-16-34-18-19-5-2-1-3-6-19)21-11-9-20(10-12-21)23-17-24(30-29-23)22-7-4-8-25-26(22)33-15-14-32-25/h1-12,17H,13-16,18H2,(H,28,31)(H,29,30). The third-order valence-corrected chi connectivity index (χ3v) is 6.55. The van der Waals surface area contributed by atoms with Crippen LogP contribution in [0.4, 0.5) is 0 Å². The first-order chi connectivity index (χ1) is 16.8. The average molecular weight is 472 g/mol. The van der Waals surface area contributed by atoms with Gasteiger partial charge in [0, 0.05) is 34.7 Å². The number of hydrogen-bond donors (Lipinski definition) is 2. The summed E-state index contributed by atoms with van der Waals surface area (Å²) < 4.78 is 11.5. The minimum absolute atomic E-state index is 0.0670. The number of benzene rings is 3. The van der Waals surface area contributed by atoms with Crippen molar-refractivity contribution in [2.75, 3.05) is 25.5 Å². The van der Waals surface area contributed by atoms with E-state index in [9.17, 15) is 4.79 Å². The molecule has 34 heavy (non-hydrogen) atoms. The second-order valence-corrected chi connectivity index (χ2v) is 8.97. The minimum atomic E-state index is -0.0670. The number of nitrogens with zero attached hydrogens (tertiary/aromatic N) is 1. The van der Waals surface area contributed by atoms with Crippen molar-refractivity contribution in [3.8, 4) is 34.0 Å². The van der Waals surface area contributed by atoms with E-state index in [4.69, 9.17) is 9.47 Å². The largest absolute Gasteiger partial charge is 0.486 e. The summed E-state index contributed by atoms with van der Waals surface area (Å²) in [5, 5.41) is 10.5. The maximum Gasteiger partial charge on any atom is 0.251 e. The van der Waals surface area contributed by atoms with E-state index in [1.54, 1.807) is 0 Å². The lowest BCUT2D eigenvalue weighted by atomic mass is 10.1. The smallest absolute Gasteiger partial charge is 0.251 e. The molecular formula is C27H25N3O3S. The maximum absolute atomic E-state index is 12.5. The summed E-state index contributed by atoms with van der Waals surface area (Å²) >= 11 is 1.81. The molecule has 0 unspecified atom stereocenters. The molecule has 1 aliphatic heterocycles. The van der Waals surface area contributed by atoms with Gasteiger partial charge in [-0.3, -0.25) is 9.89 Å².